The Morgan fingerprint density at radius 1 is 1.42 bits per heavy atom. The molecule has 3 heteroatoms. The standard InChI is InChI=1S/C9H19NO2/c1-7(2)8(3)6-10-5-4-9(11)12/h7-8,10H,4-6H2,1-3H3,(H,11,12). The van der Waals surface area contributed by atoms with Crippen molar-refractivity contribution in [3.63, 3.8) is 0 Å². The lowest BCUT2D eigenvalue weighted by Gasteiger charge is -2.15. The van der Waals surface area contributed by atoms with Crippen molar-refractivity contribution in [2.75, 3.05) is 13.1 Å². The first-order valence-corrected chi connectivity index (χ1v) is 4.46. The van der Waals surface area contributed by atoms with Crippen LogP contribution in [0.25, 0.3) is 0 Å². The van der Waals surface area contributed by atoms with Crippen molar-refractivity contribution in [3.05, 3.63) is 0 Å². The number of rotatable bonds is 6. The summed E-state index contributed by atoms with van der Waals surface area (Å²) in [5.41, 5.74) is 0. The lowest BCUT2D eigenvalue weighted by atomic mass is 9.98. The van der Waals surface area contributed by atoms with E-state index in [2.05, 4.69) is 26.1 Å². The zero-order valence-electron chi connectivity index (χ0n) is 8.13. The number of carboxylic acid groups (broad SMARTS) is 1. The lowest BCUT2D eigenvalue weighted by Crippen LogP contribution is -2.26. The van der Waals surface area contributed by atoms with Gasteiger partial charge in [-0.1, -0.05) is 20.8 Å². The molecule has 1 unspecified atom stereocenters. The van der Waals surface area contributed by atoms with Crippen LogP contribution in [0.15, 0.2) is 0 Å². The molecule has 0 saturated heterocycles. The molecule has 0 aliphatic carbocycles. The highest BCUT2D eigenvalue weighted by Gasteiger charge is 2.05. The van der Waals surface area contributed by atoms with E-state index in [1.807, 2.05) is 0 Å². The third-order valence-corrected chi connectivity index (χ3v) is 2.12. The molecule has 0 rings (SSSR count). The maximum Gasteiger partial charge on any atom is 0.304 e. The highest BCUT2D eigenvalue weighted by molar-refractivity contribution is 5.66. The molecule has 0 aliphatic heterocycles. The average Bonchev–Trinajstić information content (AvgIpc) is 1.97. The van der Waals surface area contributed by atoms with Crippen molar-refractivity contribution in [1.82, 2.24) is 5.32 Å². The van der Waals surface area contributed by atoms with Crippen molar-refractivity contribution >= 4 is 5.97 Å². The Bertz CT molecular complexity index is 134. The van der Waals surface area contributed by atoms with Crippen molar-refractivity contribution in [3.8, 4) is 0 Å². The summed E-state index contributed by atoms with van der Waals surface area (Å²) in [7, 11) is 0. The minimum absolute atomic E-state index is 0.213. The quantitative estimate of drug-likeness (QED) is 0.596. The first-order valence-electron chi connectivity index (χ1n) is 4.46. The molecule has 0 spiro atoms. The first-order chi connectivity index (χ1) is 5.54. The van der Waals surface area contributed by atoms with Crippen molar-refractivity contribution in [2.24, 2.45) is 11.8 Å². The van der Waals surface area contributed by atoms with Gasteiger partial charge in [-0.05, 0) is 18.4 Å². The van der Waals surface area contributed by atoms with Crippen molar-refractivity contribution in [2.45, 2.75) is 27.2 Å². The van der Waals surface area contributed by atoms with Gasteiger partial charge in [0.15, 0.2) is 0 Å². The smallest absolute Gasteiger partial charge is 0.304 e. The zero-order chi connectivity index (χ0) is 9.56. The molecule has 1 atom stereocenters. The van der Waals surface area contributed by atoms with Gasteiger partial charge in [-0.2, -0.15) is 0 Å². The molecule has 0 bridgehead atoms. The summed E-state index contributed by atoms with van der Waals surface area (Å²) < 4.78 is 0. The topological polar surface area (TPSA) is 49.3 Å². The van der Waals surface area contributed by atoms with Crippen LogP contribution in [-0.4, -0.2) is 24.2 Å². The summed E-state index contributed by atoms with van der Waals surface area (Å²) >= 11 is 0. The van der Waals surface area contributed by atoms with Crippen molar-refractivity contribution in [1.29, 1.82) is 0 Å². The predicted molar refractivity (Wildman–Crippen MR) is 49.1 cm³/mol. The SMILES string of the molecule is CC(C)C(C)CNCCC(=O)O. The van der Waals surface area contributed by atoms with Gasteiger partial charge in [-0.3, -0.25) is 4.79 Å². The van der Waals surface area contributed by atoms with E-state index in [1.54, 1.807) is 0 Å². The fourth-order valence-electron chi connectivity index (χ4n) is 0.761. The molecule has 0 radical (unpaired) electrons. The first kappa shape index (κ1) is 11.4. The van der Waals surface area contributed by atoms with Gasteiger partial charge in [0, 0.05) is 6.54 Å². The molecule has 3 nitrogen and oxygen atoms in total. The van der Waals surface area contributed by atoms with Crippen LogP contribution in [-0.2, 0) is 4.79 Å². The van der Waals surface area contributed by atoms with Crippen molar-refractivity contribution < 1.29 is 9.90 Å². The van der Waals surface area contributed by atoms with Crippen LogP contribution in [0.2, 0.25) is 0 Å². The molecule has 2 N–H and O–H groups in total. The van der Waals surface area contributed by atoms with E-state index in [-0.39, 0.29) is 6.42 Å². The Hall–Kier alpha value is -0.570. The van der Waals surface area contributed by atoms with Gasteiger partial charge in [0.05, 0.1) is 6.42 Å². The molecular formula is C9H19NO2. The molecule has 0 aromatic carbocycles. The van der Waals surface area contributed by atoms with Gasteiger partial charge < -0.3 is 10.4 Å². The molecule has 0 aliphatic rings. The van der Waals surface area contributed by atoms with Gasteiger partial charge in [-0.15, -0.1) is 0 Å². The maximum atomic E-state index is 10.1. The van der Waals surface area contributed by atoms with Crippen LogP contribution in [0.3, 0.4) is 0 Å². The van der Waals surface area contributed by atoms with Gasteiger partial charge >= 0.3 is 5.97 Å². The molecule has 0 amide bonds. The average molecular weight is 173 g/mol. The number of hydrogen-bond donors (Lipinski definition) is 2. The van der Waals surface area contributed by atoms with E-state index in [9.17, 15) is 4.79 Å². The second-order valence-electron chi connectivity index (χ2n) is 3.57. The van der Waals surface area contributed by atoms with E-state index in [0.29, 0.717) is 18.4 Å². The summed E-state index contributed by atoms with van der Waals surface area (Å²) in [5, 5.41) is 11.5. The van der Waals surface area contributed by atoms with E-state index in [1.165, 1.54) is 0 Å². The zero-order valence-corrected chi connectivity index (χ0v) is 8.13. The maximum absolute atomic E-state index is 10.1. The van der Waals surface area contributed by atoms with E-state index < -0.39 is 5.97 Å². The Balaban J connectivity index is 3.25. The number of carbonyl (C=O) groups is 1. The fourth-order valence-corrected chi connectivity index (χ4v) is 0.761. The molecule has 12 heavy (non-hydrogen) atoms. The third kappa shape index (κ3) is 6.16. The largest absolute Gasteiger partial charge is 0.481 e. The summed E-state index contributed by atoms with van der Waals surface area (Å²) in [6.45, 7) is 7.99. The highest BCUT2D eigenvalue weighted by Crippen LogP contribution is 2.07. The van der Waals surface area contributed by atoms with Crippen LogP contribution >= 0.6 is 0 Å². The van der Waals surface area contributed by atoms with Crippen LogP contribution in [0, 0.1) is 11.8 Å². The van der Waals surface area contributed by atoms with Crippen LogP contribution < -0.4 is 5.32 Å². The van der Waals surface area contributed by atoms with Gasteiger partial charge in [0.1, 0.15) is 0 Å². The number of nitrogens with one attached hydrogen (secondary N) is 1. The van der Waals surface area contributed by atoms with Gasteiger partial charge in [0.2, 0.25) is 0 Å². The Labute approximate surface area is 74.2 Å². The molecule has 0 fully saturated rings. The highest BCUT2D eigenvalue weighted by atomic mass is 16.4. The summed E-state index contributed by atoms with van der Waals surface area (Å²) in [6, 6.07) is 0. The summed E-state index contributed by atoms with van der Waals surface area (Å²) in [6.07, 6.45) is 0.213. The fraction of sp³-hybridized carbons (Fsp3) is 0.889. The number of aliphatic carboxylic acids is 1. The van der Waals surface area contributed by atoms with Gasteiger partial charge in [-0.25, -0.2) is 0 Å². The number of carboxylic acids is 1. The molecule has 0 saturated carbocycles. The summed E-state index contributed by atoms with van der Waals surface area (Å²) in [4.78, 5) is 10.1. The Morgan fingerprint density at radius 2 is 2.00 bits per heavy atom. The van der Waals surface area contributed by atoms with Crippen LogP contribution in [0.1, 0.15) is 27.2 Å². The second kappa shape index (κ2) is 6.00. The van der Waals surface area contributed by atoms with Gasteiger partial charge in [0.25, 0.3) is 0 Å². The Morgan fingerprint density at radius 3 is 2.42 bits per heavy atom. The van der Waals surface area contributed by atoms with Crippen LogP contribution in [0.5, 0.6) is 0 Å². The molecule has 0 aromatic heterocycles. The molecular weight excluding hydrogens is 154 g/mol. The molecule has 0 heterocycles. The van der Waals surface area contributed by atoms with E-state index in [0.717, 1.165) is 6.54 Å². The van der Waals surface area contributed by atoms with Crippen LogP contribution in [0.4, 0.5) is 0 Å². The van der Waals surface area contributed by atoms with E-state index >= 15 is 0 Å². The summed E-state index contributed by atoms with van der Waals surface area (Å²) in [5.74, 6) is 0.529. The third-order valence-electron chi connectivity index (χ3n) is 2.12. The minimum atomic E-state index is -0.736. The molecule has 72 valence electrons. The second-order valence-corrected chi connectivity index (χ2v) is 3.57. The Kier molecular flexibility index (Phi) is 5.72. The van der Waals surface area contributed by atoms with E-state index in [4.69, 9.17) is 5.11 Å². The minimum Gasteiger partial charge on any atom is -0.481 e. The monoisotopic (exact) mass is 173 g/mol. The molecule has 0 aromatic rings. The predicted octanol–water partition coefficient (Wildman–Crippen LogP) is 1.34. The lowest BCUT2D eigenvalue weighted by molar-refractivity contribution is -0.136. The number of hydrogen-bond acceptors (Lipinski definition) is 2. The normalized spacial score (nSPS) is 13.3.